The number of carbonyl (C=O) groups is 3. The zero-order chi connectivity index (χ0) is 17.9. The number of rotatable bonds is 1. The molecule has 2 aromatic rings. The summed E-state index contributed by atoms with van der Waals surface area (Å²) in [6.45, 7) is 0. The molecule has 25 heavy (non-hydrogen) atoms. The number of phenols is 2. The van der Waals surface area contributed by atoms with Crippen LogP contribution in [0, 0.1) is 0 Å². The Labute approximate surface area is 142 Å². The van der Waals surface area contributed by atoms with Gasteiger partial charge in [-0.3, -0.25) is 14.4 Å². The predicted molar refractivity (Wildman–Crippen MR) is 86.8 cm³/mol. The highest BCUT2D eigenvalue weighted by Gasteiger charge is 2.40. The highest BCUT2D eigenvalue weighted by Crippen LogP contribution is 2.45. The fourth-order valence-electron chi connectivity index (χ4n) is 3.43. The molecular weight excluding hydrogens is 324 g/mol. The lowest BCUT2D eigenvalue weighted by molar-refractivity contribution is 0.0969. The molecule has 124 valence electrons. The van der Waals surface area contributed by atoms with E-state index in [0.717, 1.165) is 0 Å². The summed E-state index contributed by atoms with van der Waals surface area (Å²) in [7, 11) is 1.36. The summed E-state index contributed by atoms with van der Waals surface area (Å²) in [6, 6.07) is 4.55. The van der Waals surface area contributed by atoms with E-state index in [0.29, 0.717) is 0 Å². The SMILES string of the molecule is COc1cccc2c1C(=O)c1c(O)c3c(c(O)c1C2=O)CC=CC3=O. The van der Waals surface area contributed by atoms with E-state index in [1.165, 1.54) is 31.4 Å². The number of phenolic OH excluding ortho intramolecular Hbond substituents is 2. The Bertz CT molecular complexity index is 1030. The van der Waals surface area contributed by atoms with Gasteiger partial charge in [-0.15, -0.1) is 0 Å². The number of benzene rings is 2. The van der Waals surface area contributed by atoms with Crippen LogP contribution < -0.4 is 4.74 Å². The first-order chi connectivity index (χ1) is 12.0. The minimum absolute atomic E-state index is 0.0101. The molecule has 2 aromatic carbocycles. The van der Waals surface area contributed by atoms with Crippen LogP contribution in [-0.4, -0.2) is 34.7 Å². The van der Waals surface area contributed by atoms with Gasteiger partial charge in [-0.1, -0.05) is 18.2 Å². The smallest absolute Gasteiger partial charge is 0.202 e. The monoisotopic (exact) mass is 336 g/mol. The Morgan fingerprint density at radius 3 is 2.36 bits per heavy atom. The molecule has 0 amide bonds. The van der Waals surface area contributed by atoms with Crippen molar-refractivity contribution in [3.63, 3.8) is 0 Å². The Hall–Kier alpha value is -3.41. The van der Waals surface area contributed by atoms with E-state index >= 15 is 0 Å². The highest BCUT2D eigenvalue weighted by molar-refractivity contribution is 6.32. The Balaban J connectivity index is 2.11. The lowest BCUT2D eigenvalue weighted by Gasteiger charge is -2.24. The molecule has 0 fully saturated rings. The lowest BCUT2D eigenvalue weighted by Crippen LogP contribution is -2.24. The normalized spacial score (nSPS) is 14.8. The van der Waals surface area contributed by atoms with Crippen molar-refractivity contribution in [1.82, 2.24) is 0 Å². The topological polar surface area (TPSA) is 101 Å². The number of allylic oxidation sites excluding steroid dienone is 2. The van der Waals surface area contributed by atoms with Crippen molar-refractivity contribution in [2.75, 3.05) is 7.11 Å². The van der Waals surface area contributed by atoms with E-state index in [1.807, 2.05) is 0 Å². The van der Waals surface area contributed by atoms with Crippen LogP contribution in [0.5, 0.6) is 17.2 Å². The average molecular weight is 336 g/mol. The number of ketones is 3. The van der Waals surface area contributed by atoms with Gasteiger partial charge < -0.3 is 14.9 Å². The minimum Gasteiger partial charge on any atom is -0.507 e. The number of hydrogen-bond acceptors (Lipinski definition) is 6. The maximum absolute atomic E-state index is 13.0. The second kappa shape index (κ2) is 5.04. The number of aromatic hydroxyl groups is 2. The van der Waals surface area contributed by atoms with Gasteiger partial charge in [0.15, 0.2) is 11.6 Å². The predicted octanol–water partition coefficient (Wildman–Crippen LogP) is 2.18. The van der Waals surface area contributed by atoms with Gasteiger partial charge in [0.1, 0.15) is 17.2 Å². The van der Waals surface area contributed by atoms with Crippen molar-refractivity contribution in [3.05, 3.63) is 63.7 Å². The zero-order valence-corrected chi connectivity index (χ0v) is 13.1. The van der Waals surface area contributed by atoms with Crippen LogP contribution in [0.25, 0.3) is 0 Å². The second-order valence-corrected chi connectivity index (χ2v) is 5.81. The number of hydrogen-bond donors (Lipinski definition) is 2. The standard InChI is InChI=1S/C19H12O6/c1-25-11-7-3-5-9-13(11)19(24)15-14(17(9)22)16(21)8-4-2-6-10(20)12(8)18(15)23/h2-3,5-7,21,23H,4H2,1H3. The number of methoxy groups -OCH3 is 1. The van der Waals surface area contributed by atoms with Crippen molar-refractivity contribution in [2.45, 2.75) is 6.42 Å². The van der Waals surface area contributed by atoms with Gasteiger partial charge in [-0.25, -0.2) is 0 Å². The third-order valence-electron chi connectivity index (χ3n) is 4.56. The lowest BCUT2D eigenvalue weighted by atomic mass is 9.78. The minimum atomic E-state index is -0.667. The molecule has 0 unspecified atom stereocenters. The third kappa shape index (κ3) is 1.82. The summed E-state index contributed by atoms with van der Waals surface area (Å²) >= 11 is 0. The van der Waals surface area contributed by atoms with Crippen molar-refractivity contribution in [1.29, 1.82) is 0 Å². The highest BCUT2D eigenvalue weighted by atomic mass is 16.5. The van der Waals surface area contributed by atoms with Crippen LogP contribution in [-0.2, 0) is 6.42 Å². The molecule has 4 rings (SSSR count). The third-order valence-corrected chi connectivity index (χ3v) is 4.56. The molecule has 0 radical (unpaired) electrons. The van der Waals surface area contributed by atoms with Gasteiger partial charge in [0.2, 0.25) is 5.78 Å². The van der Waals surface area contributed by atoms with Gasteiger partial charge in [-0.05, 0) is 18.6 Å². The summed E-state index contributed by atoms with van der Waals surface area (Å²) < 4.78 is 5.15. The average Bonchev–Trinajstić information content (AvgIpc) is 2.61. The maximum atomic E-state index is 13.0. The molecule has 0 saturated heterocycles. The van der Waals surface area contributed by atoms with Crippen LogP contribution in [0.4, 0.5) is 0 Å². The molecule has 6 heteroatoms. The second-order valence-electron chi connectivity index (χ2n) is 5.81. The molecule has 0 bridgehead atoms. The molecule has 0 heterocycles. The quantitative estimate of drug-likeness (QED) is 0.661. The molecular formula is C19H12O6. The van der Waals surface area contributed by atoms with Gasteiger partial charge in [0.05, 0.1) is 29.4 Å². The molecule has 2 N–H and O–H groups in total. The number of ether oxygens (including phenoxy) is 1. The van der Waals surface area contributed by atoms with E-state index in [1.54, 1.807) is 6.07 Å². The Morgan fingerprint density at radius 2 is 1.64 bits per heavy atom. The van der Waals surface area contributed by atoms with Crippen LogP contribution in [0.2, 0.25) is 0 Å². The van der Waals surface area contributed by atoms with Crippen LogP contribution in [0.3, 0.4) is 0 Å². The van der Waals surface area contributed by atoms with E-state index in [-0.39, 0.29) is 45.6 Å². The van der Waals surface area contributed by atoms with E-state index in [4.69, 9.17) is 4.74 Å². The molecule has 0 atom stereocenters. The molecule has 6 nitrogen and oxygen atoms in total. The molecule has 0 aromatic heterocycles. The Kier molecular flexibility index (Phi) is 3.05. The van der Waals surface area contributed by atoms with Crippen molar-refractivity contribution >= 4 is 17.3 Å². The van der Waals surface area contributed by atoms with Crippen molar-refractivity contribution < 1.29 is 29.3 Å². The maximum Gasteiger partial charge on any atom is 0.202 e. The Morgan fingerprint density at radius 1 is 0.920 bits per heavy atom. The van der Waals surface area contributed by atoms with Crippen LogP contribution in [0.1, 0.15) is 47.8 Å². The van der Waals surface area contributed by atoms with Gasteiger partial charge in [-0.2, -0.15) is 0 Å². The van der Waals surface area contributed by atoms with Crippen molar-refractivity contribution in [3.8, 4) is 17.2 Å². The fraction of sp³-hybridized carbons (Fsp3) is 0.105. The van der Waals surface area contributed by atoms with E-state index in [2.05, 4.69) is 0 Å². The van der Waals surface area contributed by atoms with Gasteiger partial charge in [0.25, 0.3) is 0 Å². The molecule has 0 aliphatic heterocycles. The molecule has 0 saturated carbocycles. The van der Waals surface area contributed by atoms with Crippen LogP contribution in [0.15, 0.2) is 30.4 Å². The molecule has 2 aliphatic carbocycles. The first kappa shape index (κ1) is 15.1. The molecule has 0 spiro atoms. The first-order valence-corrected chi connectivity index (χ1v) is 7.55. The summed E-state index contributed by atoms with van der Waals surface area (Å²) in [6.07, 6.45) is 2.97. The first-order valence-electron chi connectivity index (χ1n) is 7.55. The number of carbonyl (C=O) groups excluding carboxylic acids is 3. The van der Waals surface area contributed by atoms with Gasteiger partial charge >= 0.3 is 0 Å². The zero-order valence-electron chi connectivity index (χ0n) is 13.1. The summed E-state index contributed by atoms with van der Waals surface area (Å²) in [5.74, 6) is -2.62. The number of fused-ring (bicyclic) bond motifs is 3. The van der Waals surface area contributed by atoms with Crippen LogP contribution >= 0.6 is 0 Å². The summed E-state index contributed by atoms with van der Waals surface area (Å²) in [5.41, 5.74) is -0.526. The van der Waals surface area contributed by atoms with E-state index < -0.39 is 28.8 Å². The summed E-state index contributed by atoms with van der Waals surface area (Å²) in [5, 5.41) is 21.1. The van der Waals surface area contributed by atoms with Crippen molar-refractivity contribution in [2.24, 2.45) is 0 Å². The van der Waals surface area contributed by atoms with Gasteiger partial charge in [0, 0.05) is 11.1 Å². The van der Waals surface area contributed by atoms with E-state index in [9.17, 15) is 24.6 Å². The summed E-state index contributed by atoms with van der Waals surface area (Å²) in [4.78, 5) is 38.0. The fourth-order valence-corrected chi connectivity index (χ4v) is 3.43. The molecule has 2 aliphatic rings. The largest absolute Gasteiger partial charge is 0.507 e.